The Morgan fingerprint density at radius 3 is 3.05 bits per heavy atom. The molecule has 1 aliphatic carbocycles. The molecule has 1 aromatic rings. The van der Waals surface area contributed by atoms with E-state index in [2.05, 4.69) is 41.4 Å². The zero-order valence-electron chi connectivity index (χ0n) is 12.1. The van der Waals surface area contributed by atoms with Gasteiger partial charge in [-0.25, -0.2) is 0 Å². The van der Waals surface area contributed by atoms with Gasteiger partial charge in [-0.15, -0.1) is 0 Å². The Morgan fingerprint density at radius 2 is 2.11 bits per heavy atom. The minimum atomic E-state index is 0.672. The van der Waals surface area contributed by atoms with Crippen molar-refractivity contribution >= 4 is 0 Å². The minimum Gasteiger partial charge on any atom is -0.316 e. The predicted octanol–water partition coefficient (Wildman–Crippen LogP) is 3.00. The van der Waals surface area contributed by atoms with E-state index in [4.69, 9.17) is 0 Å². The topological polar surface area (TPSA) is 15.3 Å². The lowest BCUT2D eigenvalue weighted by Crippen LogP contribution is -2.41. The van der Waals surface area contributed by atoms with Gasteiger partial charge in [0.25, 0.3) is 0 Å². The number of aryl methyl sites for hydroxylation is 1. The largest absolute Gasteiger partial charge is 0.316 e. The van der Waals surface area contributed by atoms with Gasteiger partial charge in [-0.05, 0) is 62.4 Å². The molecule has 0 amide bonds. The minimum absolute atomic E-state index is 0.672. The van der Waals surface area contributed by atoms with E-state index in [0.29, 0.717) is 6.04 Å². The molecule has 1 heterocycles. The van der Waals surface area contributed by atoms with Crippen molar-refractivity contribution in [3.05, 3.63) is 35.4 Å². The van der Waals surface area contributed by atoms with Crippen LogP contribution in [0.3, 0.4) is 0 Å². The SMILES string of the molecule is CC1CNCCCN(C2CCCc3ccccc32)C1. The maximum atomic E-state index is 3.55. The highest BCUT2D eigenvalue weighted by Crippen LogP contribution is 2.34. The molecule has 0 bridgehead atoms. The third-order valence-corrected chi connectivity index (χ3v) is 4.62. The molecule has 104 valence electrons. The summed E-state index contributed by atoms with van der Waals surface area (Å²) in [7, 11) is 0. The van der Waals surface area contributed by atoms with E-state index in [1.54, 1.807) is 11.1 Å². The maximum absolute atomic E-state index is 3.55. The number of nitrogens with zero attached hydrogens (tertiary/aromatic N) is 1. The number of benzene rings is 1. The summed E-state index contributed by atoms with van der Waals surface area (Å²) in [4.78, 5) is 2.75. The number of rotatable bonds is 1. The van der Waals surface area contributed by atoms with Crippen molar-refractivity contribution in [1.29, 1.82) is 0 Å². The molecule has 2 unspecified atom stereocenters. The van der Waals surface area contributed by atoms with E-state index in [9.17, 15) is 0 Å². The van der Waals surface area contributed by atoms with Crippen molar-refractivity contribution < 1.29 is 0 Å². The third kappa shape index (κ3) is 3.01. The molecule has 0 radical (unpaired) electrons. The van der Waals surface area contributed by atoms with Crippen LogP contribution in [0.5, 0.6) is 0 Å². The summed E-state index contributed by atoms with van der Waals surface area (Å²) in [5.74, 6) is 0.759. The van der Waals surface area contributed by atoms with Crippen molar-refractivity contribution in [2.24, 2.45) is 5.92 Å². The summed E-state index contributed by atoms with van der Waals surface area (Å²) < 4.78 is 0. The number of nitrogens with one attached hydrogen (secondary N) is 1. The molecule has 1 aliphatic heterocycles. The molecule has 3 rings (SSSR count). The molecule has 0 spiro atoms. The Labute approximate surface area is 117 Å². The normalized spacial score (nSPS) is 29.3. The van der Waals surface area contributed by atoms with Gasteiger partial charge in [0.2, 0.25) is 0 Å². The first-order chi connectivity index (χ1) is 9.34. The fourth-order valence-electron chi connectivity index (χ4n) is 3.70. The molecule has 2 nitrogen and oxygen atoms in total. The molecular weight excluding hydrogens is 232 g/mol. The van der Waals surface area contributed by atoms with Gasteiger partial charge in [0.15, 0.2) is 0 Å². The summed E-state index contributed by atoms with van der Waals surface area (Å²) in [6.07, 6.45) is 5.25. The Bertz CT molecular complexity index is 415. The number of hydrogen-bond donors (Lipinski definition) is 1. The smallest absolute Gasteiger partial charge is 0.0351 e. The summed E-state index contributed by atoms with van der Waals surface area (Å²) in [5, 5.41) is 3.55. The summed E-state index contributed by atoms with van der Waals surface area (Å²) in [6.45, 7) is 7.21. The van der Waals surface area contributed by atoms with E-state index < -0.39 is 0 Å². The van der Waals surface area contributed by atoms with Crippen LogP contribution in [-0.4, -0.2) is 31.1 Å². The highest BCUT2D eigenvalue weighted by Gasteiger charge is 2.26. The van der Waals surface area contributed by atoms with Gasteiger partial charge in [0, 0.05) is 12.6 Å². The van der Waals surface area contributed by atoms with Crippen LogP contribution in [0.25, 0.3) is 0 Å². The van der Waals surface area contributed by atoms with Gasteiger partial charge in [-0.3, -0.25) is 4.90 Å². The van der Waals surface area contributed by atoms with Crippen LogP contribution in [-0.2, 0) is 6.42 Å². The van der Waals surface area contributed by atoms with Crippen molar-refractivity contribution in [2.75, 3.05) is 26.2 Å². The van der Waals surface area contributed by atoms with Crippen LogP contribution >= 0.6 is 0 Å². The van der Waals surface area contributed by atoms with Crippen molar-refractivity contribution in [2.45, 2.75) is 38.6 Å². The summed E-state index contributed by atoms with van der Waals surface area (Å²) >= 11 is 0. The molecular formula is C17H26N2. The Morgan fingerprint density at radius 1 is 1.21 bits per heavy atom. The molecule has 2 aliphatic rings. The van der Waals surface area contributed by atoms with Crippen molar-refractivity contribution in [1.82, 2.24) is 10.2 Å². The molecule has 0 saturated carbocycles. The number of fused-ring (bicyclic) bond motifs is 1. The van der Waals surface area contributed by atoms with Crippen LogP contribution in [0, 0.1) is 5.92 Å². The molecule has 19 heavy (non-hydrogen) atoms. The van der Waals surface area contributed by atoms with E-state index >= 15 is 0 Å². The van der Waals surface area contributed by atoms with E-state index in [0.717, 1.165) is 5.92 Å². The lowest BCUT2D eigenvalue weighted by Gasteiger charge is -2.38. The molecule has 1 saturated heterocycles. The highest BCUT2D eigenvalue weighted by molar-refractivity contribution is 5.32. The predicted molar refractivity (Wildman–Crippen MR) is 80.3 cm³/mol. The second-order valence-corrected chi connectivity index (χ2v) is 6.26. The first-order valence-corrected chi connectivity index (χ1v) is 7.87. The van der Waals surface area contributed by atoms with Crippen LogP contribution in [0.1, 0.15) is 43.4 Å². The second-order valence-electron chi connectivity index (χ2n) is 6.26. The molecule has 2 atom stereocenters. The Kier molecular flexibility index (Phi) is 4.19. The van der Waals surface area contributed by atoms with Gasteiger partial charge in [-0.2, -0.15) is 0 Å². The van der Waals surface area contributed by atoms with E-state index in [1.165, 1.54) is 51.9 Å². The molecule has 1 fully saturated rings. The average Bonchev–Trinajstić information content (AvgIpc) is 2.42. The van der Waals surface area contributed by atoms with Gasteiger partial charge in [0.1, 0.15) is 0 Å². The summed E-state index contributed by atoms with van der Waals surface area (Å²) in [5.41, 5.74) is 3.20. The molecule has 2 heteroatoms. The van der Waals surface area contributed by atoms with Crippen LogP contribution in [0.2, 0.25) is 0 Å². The lowest BCUT2D eigenvalue weighted by molar-refractivity contribution is 0.143. The maximum Gasteiger partial charge on any atom is 0.0351 e. The fourth-order valence-corrected chi connectivity index (χ4v) is 3.70. The van der Waals surface area contributed by atoms with E-state index in [-0.39, 0.29) is 0 Å². The van der Waals surface area contributed by atoms with Crippen LogP contribution in [0.4, 0.5) is 0 Å². The van der Waals surface area contributed by atoms with Gasteiger partial charge in [-0.1, -0.05) is 31.2 Å². The Balaban J connectivity index is 1.81. The summed E-state index contributed by atoms with van der Waals surface area (Å²) in [6, 6.07) is 9.77. The lowest BCUT2D eigenvalue weighted by atomic mass is 9.86. The van der Waals surface area contributed by atoms with Crippen molar-refractivity contribution in [3.63, 3.8) is 0 Å². The highest BCUT2D eigenvalue weighted by atomic mass is 15.2. The Hall–Kier alpha value is -0.860. The first-order valence-electron chi connectivity index (χ1n) is 7.87. The van der Waals surface area contributed by atoms with Gasteiger partial charge < -0.3 is 5.32 Å². The van der Waals surface area contributed by atoms with Gasteiger partial charge >= 0.3 is 0 Å². The first kappa shape index (κ1) is 13.1. The molecule has 0 aromatic heterocycles. The van der Waals surface area contributed by atoms with Crippen molar-refractivity contribution in [3.8, 4) is 0 Å². The van der Waals surface area contributed by atoms with E-state index in [1.807, 2.05) is 0 Å². The standard InChI is InChI=1S/C17H26N2/c1-14-12-18-10-5-11-19(13-14)17-9-4-7-15-6-2-3-8-16(15)17/h2-3,6,8,14,17-18H,4-5,7,9-13H2,1H3. The zero-order chi connectivity index (χ0) is 13.1. The second kappa shape index (κ2) is 6.06. The third-order valence-electron chi connectivity index (χ3n) is 4.62. The monoisotopic (exact) mass is 258 g/mol. The molecule has 1 aromatic carbocycles. The number of hydrogen-bond acceptors (Lipinski definition) is 2. The molecule has 1 N–H and O–H groups in total. The fraction of sp³-hybridized carbons (Fsp3) is 0.647. The quantitative estimate of drug-likeness (QED) is 0.833. The van der Waals surface area contributed by atoms with Crippen LogP contribution < -0.4 is 5.32 Å². The van der Waals surface area contributed by atoms with Crippen LogP contribution in [0.15, 0.2) is 24.3 Å². The average molecular weight is 258 g/mol. The zero-order valence-corrected chi connectivity index (χ0v) is 12.1. The van der Waals surface area contributed by atoms with Gasteiger partial charge in [0.05, 0.1) is 0 Å².